The fourth-order valence-electron chi connectivity index (χ4n) is 3.60. The van der Waals surface area contributed by atoms with E-state index in [1.165, 1.54) is 60.5 Å². The molecule has 1 fully saturated rings. The van der Waals surface area contributed by atoms with Crippen LogP contribution in [0.25, 0.3) is 5.76 Å². The maximum absolute atomic E-state index is 12.9. The fourth-order valence-corrected chi connectivity index (χ4v) is 3.60. The summed E-state index contributed by atoms with van der Waals surface area (Å²) in [7, 11) is 1.24. The number of nitrogens with zero attached hydrogens (tertiary/aromatic N) is 2. The lowest BCUT2D eigenvalue weighted by Gasteiger charge is -2.25. The van der Waals surface area contributed by atoms with Crippen LogP contribution in [0.1, 0.15) is 27.5 Å². The lowest BCUT2D eigenvalue weighted by molar-refractivity contribution is -0.384. The summed E-state index contributed by atoms with van der Waals surface area (Å²) in [5.74, 6) is -2.85. The lowest BCUT2D eigenvalue weighted by atomic mass is 9.94. The van der Waals surface area contributed by atoms with Gasteiger partial charge in [-0.15, -0.1) is 0 Å². The molecular weight excluding hydrogens is 448 g/mol. The number of methoxy groups -OCH3 is 1. The first-order chi connectivity index (χ1) is 16.3. The van der Waals surface area contributed by atoms with Gasteiger partial charge in [0.2, 0.25) is 0 Å². The van der Waals surface area contributed by atoms with Crippen molar-refractivity contribution in [3.05, 3.63) is 80.9 Å². The van der Waals surface area contributed by atoms with Crippen LogP contribution in [0, 0.1) is 10.1 Å². The van der Waals surface area contributed by atoms with E-state index in [1.807, 2.05) is 0 Å². The summed E-state index contributed by atoms with van der Waals surface area (Å²) >= 11 is 0. The minimum Gasteiger partial charge on any atom is -0.507 e. The minimum atomic E-state index is -1.00. The molecule has 2 aromatic rings. The summed E-state index contributed by atoms with van der Waals surface area (Å²) in [6.45, 7) is -0.143. The first kappa shape index (κ1) is 24.6. The van der Waals surface area contributed by atoms with Crippen molar-refractivity contribution in [2.45, 2.75) is 6.04 Å². The fraction of sp³-hybridized carbons (Fsp3) is 0.261. The normalized spacial score (nSPS) is 17.1. The van der Waals surface area contributed by atoms with Crippen LogP contribution in [0.5, 0.6) is 0 Å². The topological polar surface area (TPSA) is 157 Å². The molecule has 2 aromatic carbocycles. The van der Waals surface area contributed by atoms with Crippen molar-refractivity contribution >= 4 is 29.1 Å². The van der Waals surface area contributed by atoms with Crippen molar-refractivity contribution in [3.8, 4) is 0 Å². The third-order valence-corrected chi connectivity index (χ3v) is 5.25. The molecule has 11 heteroatoms. The molecule has 0 aromatic heterocycles. The Hall–Kier alpha value is -4.09. The number of esters is 1. The highest BCUT2D eigenvalue weighted by atomic mass is 16.6. The van der Waals surface area contributed by atoms with E-state index in [0.29, 0.717) is 5.56 Å². The van der Waals surface area contributed by atoms with Crippen LogP contribution in [-0.2, 0) is 19.1 Å². The first-order valence-corrected chi connectivity index (χ1v) is 10.2. The Morgan fingerprint density at radius 3 is 2.24 bits per heavy atom. The van der Waals surface area contributed by atoms with E-state index in [4.69, 9.17) is 9.84 Å². The van der Waals surface area contributed by atoms with Gasteiger partial charge in [0.25, 0.3) is 17.4 Å². The second-order valence-electron chi connectivity index (χ2n) is 7.25. The molecule has 0 spiro atoms. The predicted octanol–water partition coefficient (Wildman–Crippen LogP) is 1.81. The van der Waals surface area contributed by atoms with Gasteiger partial charge in [-0.05, 0) is 29.8 Å². The summed E-state index contributed by atoms with van der Waals surface area (Å²) in [6, 6.07) is 9.92. The SMILES string of the molecule is COC(=O)c1ccc(C2/C(=C(/O)c3ccc([N+](=O)[O-])cc3)C(=O)C(=O)N2CCOCCO)cc1. The quantitative estimate of drug-likeness (QED) is 0.106. The van der Waals surface area contributed by atoms with Gasteiger partial charge in [-0.3, -0.25) is 19.7 Å². The number of ketones is 1. The second kappa shape index (κ2) is 10.7. The van der Waals surface area contributed by atoms with E-state index >= 15 is 0 Å². The molecule has 2 N–H and O–H groups in total. The Kier molecular flexibility index (Phi) is 7.71. The molecule has 0 saturated carbocycles. The van der Waals surface area contributed by atoms with Gasteiger partial charge in [0.15, 0.2) is 0 Å². The molecule has 0 radical (unpaired) electrons. The number of amides is 1. The number of likely N-dealkylation sites (tertiary alicyclic amines) is 1. The van der Waals surface area contributed by atoms with Crippen LogP contribution in [0.15, 0.2) is 54.1 Å². The van der Waals surface area contributed by atoms with Crippen molar-refractivity contribution in [2.24, 2.45) is 0 Å². The molecule has 1 amide bonds. The monoisotopic (exact) mass is 470 g/mol. The maximum Gasteiger partial charge on any atom is 0.337 e. The highest BCUT2D eigenvalue weighted by Crippen LogP contribution is 2.39. The summed E-state index contributed by atoms with van der Waals surface area (Å²) < 4.78 is 9.92. The number of non-ortho nitro benzene ring substituents is 1. The average molecular weight is 470 g/mol. The van der Waals surface area contributed by atoms with Crippen LogP contribution in [0.4, 0.5) is 5.69 Å². The molecular formula is C23H22N2O9. The van der Waals surface area contributed by atoms with E-state index < -0.39 is 34.4 Å². The van der Waals surface area contributed by atoms with Gasteiger partial charge < -0.3 is 24.6 Å². The Balaban J connectivity index is 2.06. The van der Waals surface area contributed by atoms with Crippen molar-refractivity contribution in [1.29, 1.82) is 0 Å². The molecule has 1 atom stereocenters. The van der Waals surface area contributed by atoms with E-state index in [2.05, 4.69) is 4.74 Å². The number of ether oxygens (including phenoxy) is 2. The Bertz CT molecular complexity index is 1120. The van der Waals surface area contributed by atoms with Crippen LogP contribution >= 0.6 is 0 Å². The summed E-state index contributed by atoms with van der Waals surface area (Å²) in [4.78, 5) is 49.1. The maximum atomic E-state index is 12.9. The average Bonchev–Trinajstić information content (AvgIpc) is 3.10. The van der Waals surface area contributed by atoms with Gasteiger partial charge >= 0.3 is 5.97 Å². The van der Waals surface area contributed by atoms with Crippen molar-refractivity contribution in [2.75, 3.05) is 33.5 Å². The highest BCUT2D eigenvalue weighted by Gasteiger charge is 2.45. The number of hydrogen-bond acceptors (Lipinski definition) is 9. The van der Waals surface area contributed by atoms with Gasteiger partial charge in [-0.1, -0.05) is 12.1 Å². The van der Waals surface area contributed by atoms with Crippen LogP contribution in [0.2, 0.25) is 0 Å². The van der Waals surface area contributed by atoms with E-state index in [-0.39, 0.29) is 48.8 Å². The summed E-state index contributed by atoms with van der Waals surface area (Å²) in [5, 5.41) is 30.8. The number of rotatable bonds is 9. The number of aliphatic hydroxyl groups excluding tert-OH is 2. The summed E-state index contributed by atoms with van der Waals surface area (Å²) in [6.07, 6.45) is 0. The molecule has 1 aliphatic heterocycles. The third-order valence-electron chi connectivity index (χ3n) is 5.25. The zero-order chi connectivity index (χ0) is 24.8. The number of nitro groups is 1. The number of carbonyl (C=O) groups is 3. The van der Waals surface area contributed by atoms with Gasteiger partial charge in [0.05, 0.1) is 49.0 Å². The number of hydrogen-bond donors (Lipinski definition) is 2. The van der Waals surface area contributed by atoms with E-state index in [0.717, 1.165) is 0 Å². The van der Waals surface area contributed by atoms with Crippen LogP contribution in [-0.4, -0.2) is 71.2 Å². The molecule has 1 saturated heterocycles. The molecule has 0 aliphatic carbocycles. The van der Waals surface area contributed by atoms with Crippen LogP contribution in [0.3, 0.4) is 0 Å². The van der Waals surface area contributed by atoms with Crippen LogP contribution < -0.4 is 0 Å². The van der Waals surface area contributed by atoms with E-state index in [1.54, 1.807) is 0 Å². The number of carbonyl (C=O) groups excluding carboxylic acids is 3. The molecule has 3 rings (SSSR count). The largest absolute Gasteiger partial charge is 0.507 e. The zero-order valence-electron chi connectivity index (χ0n) is 18.2. The number of Topliss-reactive ketones (excluding diaryl/α,β-unsaturated/α-hetero) is 1. The zero-order valence-corrected chi connectivity index (χ0v) is 18.2. The first-order valence-electron chi connectivity index (χ1n) is 10.2. The van der Waals surface area contributed by atoms with Crippen molar-refractivity contribution < 1.29 is 39.0 Å². The molecule has 1 heterocycles. The molecule has 1 unspecified atom stereocenters. The van der Waals surface area contributed by atoms with Crippen molar-refractivity contribution in [1.82, 2.24) is 4.90 Å². The number of nitro benzene ring substituents is 1. The lowest BCUT2D eigenvalue weighted by Crippen LogP contribution is -2.33. The second-order valence-corrected chi connectivity index (χ2v) is 7.25. The summed E-state index contributed by atoms with van der Waals surface area (Å²) in [5.41, 5.74) is 0.415. The van der Waals surface area contributed by atoms with Crippen molar-refractivity contribution in [3.63, 3.8) is 0 Å². The Labute approximate surface area is 194 Å². The molecule has 34 heavy (non-hydrogen) atoms. The number of aliphatic hydroxyl groups is 2. The van der Waals surface area contributed by atoms with E-state index in [9.17, 15) is 29.6 Å². The minimum absolute atomic E-state index is 0.00889. The Morgan fingerprint density at radius 1 is 1.06 bits per heavy atom. The van der Waals surface area contributed by atoms with Gasteiger partial charge in [-0.25, -0.2) is 4.79 Å². The third kappa shape index (κ3) is 4.95. The van der Waals surface area contributed by atoms with Gasteiger partial charge in [-0.2, -0.15) is 0 Å². The molecule has 178 valence electrons. The number of benzene rings is 2. The Morgan fingerprint density at radius 2 is 1.68 bits per heavy atom. The molecule has 11 nitrogen and oxygen atoms in total. The predicted molar refractivity (Wildman–Crippen MR) is 118 cm³/mol. The molecule has 0 bridgehead atoms. The van der Waals surface area contributed by atoms with Gasteiger partial charge in [0, 0.05) is 24.2 Å². The standard InChI is InChI=1S/C23H22N2O9/c1-33-23(30)16-4-2-14(3-5-16)19-18(20(27)15-6-8-17(9-7-15)25(31)32)21(28)22(29)24(19)10-12-34-13-11-26/h2-9,19,26-27H,10-13H2,1H3/b20-18-. The van der Waals surface area contributed by atoms with Gasteiger partial charge in [0.1, 0.15) is 5.76 Å². The smallest absolute Gasteiger partial charge is 0.337 e. The molecule has 1 aliphatic rings. The highest BCUT2D eigenvalue weighted by molar-refractivity contribution is 6.46.